The molecule has 0 aliphatic carbocycles. The molecular formula is C15H19NO3. The second-order valence-corrected chi connectivity index (χ2v) is 5.44. The van der Waals surface area contributed by atoms with Gasteiger partial charge >= 0.3 is 5.97 Å². The lowest BCUT2D eigenvalue weighted by Crippen LogP contribution is -2.38. The first kappa shape index (κ1) is 15.0. The van der Waals surface area contributed by atoms with Gasteiger partial charge in [-0.1, -0.05) is 18.2 Å². The number of carbonyl (C=O) groups is 1. The lowest BCUT2D eigenvalue weighted by molar-refractivity contribution is -0.159. The zero-order valence-electron chi connectivity index (χ0n) is 12.0. The van der Waals surface area contributed by atoms with E-state index in [1.807, 2.05) is 6.07 Å². The van der Waals surface area contributed by atoms with Gasteiger partial charge in [0.2, 0.25) is 0 Å². The van der Waals surface area contributed by atoms with Gasteiger partial charge in [-0.3, -0.25) is 0 Å². The Labute approximate surface area is 113 Å². The molecule has 0 radical (unpaired) electrons. The third-order valence-electron chi connectivity index (χ3n) is 2.68. The zero-order chi connectivity index (χ0) is 14.7. The van der Waals surface area contributed by atoms with Gasteiger partial charge < -0.3 is 9.47 Å². The molecule has 4 heteroatoms. The van der Waals surface area contributed by atoms with E-state index in [1.165, 1.54) is 7.11 Å². The summed E-state index contributed by atoms with van der Waals surface area (Å²) in [6, 6.07) is 9.00. The molecule has 0 saturated heterocycles. The van der Waals surface area contributed by atoms with Crippen molar-refractivity contribution in [2.75, 3.05) is 7.11 Å². The van der Waals surface area contributed by atoms with Gasteiger partial charge in [-0.15, -0.1) is 0 Å². The molecule has 1 unspecified atom stereocenters. The normalized spacial score (nSPS) is 14.1. The van der Waals surface area contributed by atoms with E-state index in [0.717, 1.165) is 0 Å². The molecule has 0 aromatic heterocycles. The van der Waals surface area contributed by atoms with E-state index in [4.69, 9.17) is 9.47 Å². The van der Waals surface area contributed by atoms with Crippen LogP contribution in [0.5, 0.6) is 5.75 Å². The van der Waals surface area contributed by atoms with E-state index in [2.05, 4.69) is 0 Å². The number of para-hydroxylation sites is 1. The molecule has 1 aromatic rings. The van der Waals surface area contributed by atoms with Gasteiger partial charge in [0.15, 0.2) is 5.41 Å². The summed E-state index contributed by atoms with van der Waals surface area (Å²) in [5.74, 6) is -0.0793. The Kier molecular flexibility index (Phi) is 4.21. The van der Waals surface area contributed by atoms with Crippen molar-refractivity contribution in [2.24, 2.45) is 0 Å². The third kappa shape index (κ3) is 3.25. The molecule has 1 aromatic carbocycles. The number of carbonyl (C=O) groups excluding carboxylic acids is 1. The second-order valence-electron chi connectivity index (χ2n) is 5.44. The van der Waals surface area contributed by atoms with E-state index >= 15 is 0 Å². The number of ether oxygens (including phenoxy) is 2. The number of hydrogen-bond acceptors (Lipinski definition) is 4. The number of rotatable bonds is 3. The monoisotopic (exact) mass is 261 g/mol. The van der Waals surface area contributed by atoms with Crippen molar-refractivity contribution in [3.05, 3.63) is 29.8 Å². The van der Waals surface area contributed by atoms with Crippen LogP contribution in [0.2, 0.25) is 0 Å². The molecule has 1 rings (SSSR count). The molecule has 102 valence electrons. The first-order valence-electron chi connectivity index (χ1n) is 6.03. The van der Waals surface area contributed by atoms with Gasteiger partial charge in [-0.25, -0.2) is 4.79 Å². The number of benzene rings is 1. The Morgan fingerprint density at radius 3 is 2.26 bits per heavy atom. The fourth-order valence-corrected chi connectivity index (χ4v) is 1.65. The molecule has 0 bridgehead atoms. The summed E-state index contributed by atoms with van der Waals surface area (Å²) in [5.41, 5.74) is -1.52. The summed E-state index contributed by atoms with van der Waals surface area (Å²) < 4.78 is 10.5. The molecular weight excluding hydrogens is 242 g/mol. The van der Waals surface area contributed by atoms with Gasteiger partial charge in [-0.2, -0.15) is 5.26 Å². The number of methoxy groups -OCH3 is 1. The Bertz CT molecular complexity index is 511. The number of nitrogens with zero attached hydrogens (tertiary/aromatic N) is 1. The summed E-state index contributed by atoms with van der Waals surface area (Å²) in [5, 5.41) is 9.42. The zero-order valence-corrected chi connectivity index (χ0v) is 12.0. The van der Waals surface area contributed by atoms with Crippen LogP contribution < -0.4 is 4.74 Å². The number of esters is 1. The fraction of sp³-hybridized carbons (Fsp3) is 0.467. The lowest BCUT2D eigenvalue weighted by atomic mass is 9.83. The maximum absolute atomic E-state index is 12.3. The van der Waals surface area contributed by atoms with Crippen molar-refractivity contribution >= 4 is 5.97 Å². The minimum atomic E-state index is -1.39. The van der Waals surface area contributed by atoms with E-state index in [9.17, 15) is 10.1 Å². The molecule has 0 saturated carbocycles. The van der Waals surface area contributed by atoms with Crippen molar-refractivity contribution in [3.8, 4) is 11.8 Å². The number of hydrogen-bond donors (Lipinski definition) is 0. The highest BCUT2D eigenvalue weighted by Gasteiger charge is 2.41. The Hall–Kier alpha value is -2.02. The van der Waals surface area contributed by atoms with E-state index in [-0.39, 0.29) is 0 Å². The van der Waals surface area contributed by atoms with Crippen LogP contribution in [0, 0.1) is 11.3 Å². The highest BCUT2D eigenvalue weighted by atomic mass is 16.6. The first-order valence-corrected chi connectivity index (χ1v) is 6.03. The van der Waals surface area contributed by atoms with Gasteiger partial charge in [0.1, 0.15) is 11.4 Å². The van der Waals surface area contributed by atoms with Crippen LogP contribution >= 0.6 is 0 Å². The fourth-order valence-electron chi connectivity index (χ4n) is 1.65. The van der Waals surface area contributed by atoms with Crippen LogP contribution in [0.3, 0.4) is 0 Å². The lowest BCUT2D eigenvalue weighted by Gasteiger charge is -2.27. The van der Waals surface area contributed by atoms with Crippen molar-refractivity contribution in [1.82, 2.24) is 0 Å². The van der Waals surface area contributed by atoms with Gasteiger partial charge in [0, 0.05) is 5.56 Å². The smallest absolute Gasteiger partial charge is 0.331 e. The molecule has 0 fully saturated rings. The maximum atomic E-state index is 12.3. The van der Waals surface area contributed by atoms with Crippen LogP contribution in [-0.4, -0.2) is 18.7 Å². The van der Waals surface area contributed by atoms with Crippen molar-refractivity contribution < 1.29 is 14.3 Å². The topological polar surface area (TPSA) is 59.3 Å². The van der Waals surface area contributed by atoms with Gasteiger partial charge in [0.25, 0.3) is 0 Å². The van der Waals surface area contributed by atoms with E-state index in [1.54, 1.807) is 52.0 Å². The van der Waals surface area contributed by atoms with Crippen LogP contribution in [-0.2, 0) is 14.9 Å². The third-order valence-corrected chi connectivity index (χ3v) is 2.68. The highest BCUT2D eigenvalue weighted by molar-refractivity contribution is 5.87. The predicted octanol–water partition coefficient (Wildman–Crippen LogP) is 2.82. The average Bonchev–Trinajstić information content (AvgIpc) is 2.35. The Balaban J connectivity index is 3.25. The minimum absolute atomic E-state index is 0.498. The summed E-state index contributed by atoms with van der Waals surface area (Å²) in [4.78, 5) is 12.3. The van der Waals surface area contributed by atoms with Crippen molar-refractivity contribution in [1.29, 1.82) is 5.26 Å². The summed E-state index contributed by atoms with van der Waals surface area (Å²) in [6.45, 7) is 6.85. The maximum Gasteiger partial charge on any atom is 0.331 e. The molecule has 1 atom stereocenters. The molecule has 0 heterocycles. The molecule has 19 heavy (non-hydrogen) atoms. The molecule has 0 N–H and O–H groups in total. The summed E-state index contributed by atoms with van der Waals surface area (Å²) >= 11 is 0. The number of nitriles is 1. The Morgan fingerprint density at radius 1 is 1.21 bits per heavy atom. The quantitative estimate of drug-likeness (QED) is 0.785. The van der Waals surface area contributed by atoms with Crippen LogP contribution in [0.1, 0.15) is 33.3 Å². The second kappa shape index (κ2) is 5.31. The predicted molar refractivity (Wildman–Crippen MR) is 71.8 cm³/mol. The van der Waals surface area contributed by atoms with Gasteiger partial charge in [-0.05, 0) is 33.8 Å². The van der Waals surface area contributed by atoms with E-state index in [0.29, 0.717) is 11.3 Å². The molecule has 0 aliphatic heterocycles. The highest BCUT2D eigenvalue weighted by Crippen LogP contribution is 2.33. The standard InChI is InChI=1S/C15H19NO3/c1-14(2,3)19-13(17)15(4,10-16)11-8-6-7-9-12(11)18-5/h6-9H,1-5H3. The summed E-state index contributed by atoms with van der Waals surface area (Å²) in [6.07, 6.45) is 0. The van der Waals surface area contributed by atoms with E-state index < -0.39 is 17.0 Å². The minimum Gasteiger partial charge on any atom is -0.496 e. The SMILES string of the molecule is COc1ccccc1C(C)(C#N)C(=O)OC(C)(C)C. The van der Waals surface area contributed by atoms with Crippen LogP contribution in [0.15, 0.2) is 24.3 Å². The Morgan fingerprint density at radius 2 is 1.79 bits per heavy atom. The van der Waals surface area contributed by atoms with Crippen molar-refractivity contribution in [2.45, 2.75) is 38.7 Å². The average molecular weight is 261 g/mol. The molecule has 0 amide bonds. The molecule has 0 spiro atoms. The first-order chi connectivity index (χ1) is 8.74. The molecule has 0 aliphatic rings. The summed E-state index contributed by atoms with van der Waals surface area (Å²) in [7, 11) is 1.51. The largest absolute Gasteiger partial charge is 0.496 e. The molecule has 4 nitrogen and oxygen atoms in total. The van der Waals surface area contributed by atoms with Crippen LogP contribution in [0.4, 0.5) is 0 Å². The van der Waals surface area contributed by atoms with Crippen LogP contribution in [0.25, 0.3) is 0 Å². The van der Waals surface area contributed by atoms with Crippen molar-refractivity contribution in [3.63, 3.8) is 0 Å². The van der Waals surface area contributed by atoms with Gasteiger partial charge in [0.05, 0.1) is 13.2 Å².